The van der Waals surface area contributed by atoms with Crippen LogP contribution in [-0.4, -0.2) is 31.9 Å². The second-order valence-corrected chi connectivity index (χ2v) is 6.15. The highest BCUT2D eigenvalue weighted by Crippen LogP contribution is 2.37. The lowest BCUT2D eigenvalue weighted by Crippen LogP contribution is -2.27. The minimum absolute atomic E-state index is 0.282. The van der Waals surface area contributed by atoms with Gasteiger partial charge in [-0.2, -0.15) is 9.78 Å². The zero-order chi connectivity index (χ0) is 18.4. The number of rotatable bonds is 3. The minimum atomic E-state index is -0.467. The molecule has 0 saturated carbocycles. The van der Waals surface area contributed by atoms with Crippen molar-refractivity contribution in [2.45, 2.75) is 13.2 Å². The molecule has 7 heteroatoms. The van der Waals surface area contributed by atoms with Crippen LogP contribution in [0.1, 0.15) is 29.1 Å². The molecule has 3 heterocycles. The van der Waals surface area contributed by atoms with Crippen molar-refractivity contribution in [2.75, 3.05) is 6.61 Å². The molecule has 1 atom stereocenters. The molecular formula is C20H16N4O3. The van der Waals surface area contributed by atoms with Gasteiger partial charge in [0.25, 0.3) is 0 Å². The summed E-state index contributed by atoms with van der Waals surface area (Å²) in [7, 11) is 0. The first kappa shape index (κ1) is 15.6. The smallest absolute Gasteiger partial charge is 0.345 e. The summed E-state index contributed by atoms with van der Waals surface area (Å²) in [6, 6.07) is 17.7. The van der Waals surface area contributed by atoms with Crippen LogP contribution in [0, 0.1) is 0 Å². The van der Waals surface area contributed by atoms with Crippen molar-refractivity contribution < 1.29 is 14.3 Å². The summed E-state index contributed by atoms with van der Waals surface area (Å²) >= 11 is 0. The largest absolute Gasteiger partial charge is 0.462 e. The maximum Gasteiger partial charge on any atom is 0.345 e. The number of para-hydroxylation sites is 2. The van der Waals surface area contributed by atoms with Gasteiger partial charge in [-0.15, -0.1) is 0 Å². The van der Waals surface area contributed by atoms with Crippen LogP contribution in [-0.2, 0) is 4.74 Å². The van der Waals surface area contributed by atoms with Crippen LogP contribution >= 0.6 is 0 Å². The summed E-state index contributed by atoms with van der Waals surface area (Å²) in [6.45, 7) is 2.05. The fourth-order valence-electron chi connectivity index (χ4n) is 3.35. The zero-order valence-electron chi connectivity index (χ0n) is 14.6. The van der Waals surface area contributed by atoms with Crippen molar-refractivity contribution in [1.29, 1.82) is 0 Å². The van der Waals surface area contributed by atoms with Gasteiger partial charge in [0.1, 0.15) is 5.56 Å². The monoisotopic (exact) mass is 360 g/mol. The summed E-state index contributed by atoms with van der Waals surface area (Å²) in [5.41, 5.74) is 3.00. The molecule has 0 saturated heterocycles. The number of carbonyl (C=O) groups excluding carboxylic acids is 1. The third kappa shape index (κ3) is 2.32. The second kappa shape index (κ2) is 5.98. The summed E-state index contributed by atoms with van der Waals surface area (Å²) in [4.78, 5) is 17.0. The maximum absolute atomic E-state index is 12.3. The number of hydrogen-bond donors (Lipinski definition) is 0. The molecule has 1 unspecified atom stereocenters. The van der Waals surface area contributed by atoms with E-state index in [1.54, 1.807) is 11.6 Å². The highest BCUT2D eigenvalue weighted by Gasteiger charge is 2.34. The molecule has 2 aromatic heterocycles. The lowest BCUT2D eigenvalue weighted by molar-refractivity contribution is 0.0514. The summed E-state index contributed by atoms with van der Waals surface area (Å²) in [5.74, 6) is 0.474. The van der Waals surface area contributed by atoms with Crippen molar-refractivity contribution in [3.8, 4) is 11.8 Å². The number of fused-ring (bicyclic) bond motifs is 5. The normalized spacial score (nSPS) is 15.1. The van der Waals surface area contributed by atoms with Crippen LogP contribution < -0.4 is 4.74 Å². The van der Waals surface area contributed by atoms with Crippen LogP contribution in [0.4, 0.5) is 0 Å². The van der Waals surface area contributed by atoms with E-state index < -0.39 is 12.2 Å². The Hall–Kier alpha value is -3.61. The van der Waals surface area contributed by atoms with E-state index in [0.29, 0.717) is 11.8 Å². The standard InChI is InChI=1S/C20H16N4O3/c1-2-26-19(25)14-12-21-24-18(14)27-17(13-8-4-3-5-9-13)23-16-11-7-6-10-15(16)22-20(23)24/h3-12,17H,2H2,1H3. The number of carbonyl (C=O) groups is 1. The highest BCUT2D eigenvalue weighted by atomic mass is 16.5. The molecule has 0 amide bonds. The van der Waals surface area contributed by atoms with E-state index in [0.717, 1.165) is 16.6 Å². The Labute approximate surface area is 154 Å². The zero-order valence-corrected chi connectivity index (χ0v) is 14.6. The van der Waals surface area contributed by atoms with Crippen LogP contribution in [0.3, 0.4) is 0 Å². The summed E-state index contributed by atoms with van der Waals surface area (Å²) in [6.07, 6.45) is 0.996. The van der Waals surface area contributed by atoms with Crippen molar-refractivity contribution >= 4 is 17.0 Å². The summed E-state index contributed by atoms with van der Waals surface area (Å²) in [5, 5.41) is 4.33. The third-order valence-corrected chi connectivity index (χ3v) is 4.53. The van der Waals surface area contributed by atoms with Crippen molar-refractivity contribution in [3.63, 3.8) is 0 Å². The average molecular weight is 360 g/mol. The van der Waals surface area contributed by atoms with E-state index in [9.17, 15) is 4.79 Å². The van der Waals surface area contributed by atoms with Crippen LogP contribution in [0.2, 0.25) is 0 Å². The molecule has 134 valence electrons. The number of ether oxygens (including phenoxy) is 2. The molecule has 4 aromatic rings. The Morgan fingerprint density at radius 2 is 1.93 bits per heavy atom. The molecule has 1 aliphatic rings. The van der Waals surface area contributed by atoms with E-state index in [1.165, 1.54) is 6.20 Å². The van der Waals surface area contributed by atoms with Gasteiger partial charge in [-0.05, 0) is 19.1 Å². The summed E-state index contributed by atoms with van der Waals surface area (Å²) < 4.78 is 14.9. The van der Waals surface area contributed by atoms with E-state index in [4.69, 9.17) is 14.5 Å². The quantitative estimate of drug-likeness (QED) is 0.524. The molecule has 7 nitrogen and oxygen atoms in total. The SMILES string of the molecule is CCOC(=O)c1cnn2c1OC(c1ccccc1)n1c-2nc2ccccc21. The number of benzene rings is 2. The number of esters is 1. The van der Waals surface area contributed by atoms with Crippen LogP contribution in [0.25, 0.3) is 17.0 Å². The molecule has 0 spiro atoms. The first-order valence-corrected chi connectivity index (χ1v) is 8.72. The predicted octanol–water partition coefficient (Wildman–Crippen LogP) is 3.34. The molecule has 0 N–H and O–H groups in total. The fourth-order valence-corrected chi connectivity index (χ4v) is 3.35. The Kier molecular flexibility index (Phi) is 3.46. The molecule has 1 aliphatic heterocycles. The van der Waals surface area contributed by atoms with Gasteiger partial charge < -0.3 is 9.47 Å². The number of aromatic nitrogens is 4. The molecule has 27 heavy (non-hydrogen) atoms. The first-order chi connectivity index (χ1) is 13.3. The van der Waals surface area contributed by atoms with Gasteiger partial charge in [0.05, 0.1) is 23.8 Å². The van der Waals surface area contributed by atoms with E-state index in [1.807, 2.05) is 59.2 Å². The Morgan fingerprint density at radius 3 is 2.74 bits per heavy atom. The van der Waals surface area contributed by atoms with Gasteiger partial charge in [-0.1, -0.05) is 42.5 Å². The van der Waals surface area contributed by atoms with Gasteiger partial charge >= 0.3 is 5.97 Å². The first-order valence-electron chi connectivity index (χ1n) is 8.72. The molecule has 5 rings (SSSR count). The third-order valence-electron chi connectivity index (χ3n) is 4.53. The van der Waals surface area contributed by atoms with E-state index in [-0.39, 0.29) is 12.2 Å². The van der Waals surface area contributed by atoms with Gasteiger partial charge in [0.2, 0.25) is 18.1 Å². The van der Waals surface area contributed by atoms with Gasteiger partial charge in [0.15, 0.2) is 0 Å². The second-order valence-electron chi connectivity index (χ2n) is 6.15. The lowest BCUT2D eigenvalue weighted by Gasteiger charge is -2.28. The number of imidazole rings is 1. The molecule has 0 fully saturated rings. The number of nitrogens with zero attached hydrogens (tertiary/aromatic N) is 4. The van der Waals surface area contributed by atoms with Gasteiger partial charge in [0, 0.05) is 5.56 Å². The Bertz CT molecular complexity index is 1150. The van der Waals surface area contributed by atoms with Crippen molar-refractivity contribution in [2.24, 2.45) is 0 Å². The van der Waals surface area contributed by atoms with Crippen molar-refractivity contribution in [3.05, 3.63) is 71.9 Å². The molecule has 0 bridgehead atoms. The van der Waals surface area contributed by atoms with E-state index in [2.05, 4.69) is 5.10 Å². The average Bonchev–Trinajstić information content (AvgIpc) is 3.29. The lowest BCUT2D eigenvalue weighted by atomic mass is 10.2. The Morgan fingerprint density at radius 1 is 1.15 bits per heavy atom. The van der Waals surface area contributed by atoms with Crippen molar-refractivity contribution in [1.82, 2.24) is 19.3 Å². The van der Waals surface area contributed by atoms with E-state index >= 15 is 0 Å². The van der Waals surface area contributed by atoms with Crippen LogP contribution in [0.5, 0.6) is 5.88 Å². The molecule has 2 aromatic carbocycles. The maximum atomic E-state index is 12.3. The topological polar surface area (TPSA) is 71.2 Å². The van der Waals surface area contributed by atoms with Gasteiger partial charge in [-0.3, -0.25) is 4.57 Å². The molecule has 0 radical (unpaired) electrons. The minimum Gasteiger partial charge on any atom is -0.462 e. The highest BCUT2D eigenvalue weighted by molar-refractivity contribution is 5.92. The van der Waals surface area contributed by atoms with Crippen LogP contribution in [0.15, 0.2) is 60.8 Å². The van der Waals surface area contributed by atoms with Gasteiger partial charge in [-0.25, -0.2) is 9.78 Å². The predicted molar refractivity (Wildman–Crippen MR) is 98.0 cm³/mol. The Balaban J connectivity index is 1.76. The molecular weight excluding hydrogens is 344 g/mol. The number of hydrogen-bond acceptors (Lipinski definition) is 5. The molecule has 0 aliphatic carbocycles. The fraction of sp³-hybridized carbons (Fsp3) is 0.150.